The van der Waals surface area contributed by atoms with Gasteiger partial charge in [-0.25, -0.2) is 4.79 Å². The zero-order valence-electron chi connectivity index (χ0n) is 12.4. The van der Waals surface area contributed by atoms with Crippen molar-refractivity contribution in [3.63, 3.8) is 0 Å². The average Bonchev–Trinajstić information content (AvgIpc) is 3.06. The summed E-state index contributed by atoms with van der Waals surface area (Å²) in [7, 11) is 0. The molecular formula is C18H15NO4. The summed E-state index contributed by atoms with van der Waals surface area (Å²) in [5.41, 5.74) is 0.655. The highest BCUT2D eigenvalue weighted by Gasteiger charge is 2.15. The van der Waals surface area contributed by atoms with Gasteiger partial charge in [-0.15, -0.1) is 6.58 Å². The summed E-state index contributed by atoms with van der Waals surface area (Å²) >= 11 is 0. The lowest BCUT2D eigenvalue weighted by Crippen LogP contribution is -2.27. The van der Waals surface area contributed by atoms with E-state index in [2.05, 4.69) is 11.9 Å². The summed E-state index contributed by atoms with van der Waals surface area (Å²) in [4.78, 5) is 24.3. The minimum Gasteiger partial charge on any atom is -0.467 e. The van der Waals surface area contributed by atoms with Crippen LogP contribution in [0.5, 0.6) is 0 Å². The third-order valence-corrected chi connectivity index (χ3v) is 3.45. The highest BCUT2D eigenvalue weighted by molar-refractivity contribution is 5.96. The van der Waals surface area contributed by atoms with E-state index in [0.717, 1.165) is 5.56 Å². The van der Waals surface area contributed by atoms with E-state index in [1.807, 2.05) is 12.1 Å². The lowest BCUT2D eigenvalue weighted by molar-refractivity contribution is 0.0944. The van der Waals surface area contributed by atoms with Crippen molar-refractivity contribution in [1.82, 2.24) is 5.32 Å². The van der Waals surface area contributed by atoms with Gasteiger partial charge in [0.25, 0.3) is 5.91 Å². The topological polar surface area (TPSA) is 72.5 Å². The highest BCUT2D eigenvalue weighted by Crippen LogP contribution is 2.19. The Morgan fingerprint density at radius 1 is 1.26 bits per heavy atom. The van der Waals surface area contributed by atoms with Gasteiger partial charge in [-0.05, 0) is 30.2 Å². The number of nitrogens with one attached hydrogen (secondary N) is 1. The van der Waals surface area contributed by atoms with Crippen molar-refractivity contribution in [2.24, 2.45) is 0 Å². The van der Waals surface area contributed by atoms with Crippen molar-refractivity contribution < 1.29 is 13.6 Å². The Hall–Kier alpha value is -3.08. The Morgan fingerprint density at radius 2 is 2.13 bits per heavy atom. The van der Waals surface area contributed by atoms with Crippen molar-refractivity contribution in [1.29, 1.82) is 0 Å². The Bertz CT molecular complexity index is 906. The van der Waals surface area contributed by atoms with Crippen LogP contribution in [0.3, 0.4) is 0 Å². The standard InChI is InChI=1S/C18H15NO4/c1-2-5-12-6-3-7-13-10-15(18(21)23-16(12)13)17(20)19-11-14-8-4-9-22-14/h2-4,6-10H,1,5,11H2,(H,19,20). The second-order valence-corrected chi connectivity index (χ2v) is 5.04. The van der Waals surface area contributed by atoms with Crippen molar-refractivity contribution in [3.05, 3.63) is 82.6 Å². The van der Waals surface area contributed by atoms with Crippen LogP contribution in [0.2, 0.25) is 0 Å². The van der Waals surface area contributed by atoms with Gasteiger partial charge in [0.05, 0.1) is 12.8 Å². The summed E-state index contributed by atoms with van der Waals surface area (Å²) in [6, 6.07) is 10.5. The maximum atomic E-state index is 12.2. The second kappa shape index (κ2) is 6.36. The van der Waals surface area contributed by atoms with Crippen LogP contribution in [0.1, 0.15) is 21.7 Å². The van der Waals surface area contributed by atoms with E-state index >= 15 is 0 Å². The van der Waals surface area contributed by atoms with Gasteiger partial charge in [-0.1, -0.05) is 24.3 Å². The molecule has 0 saturated carbocycles. The first-order valence-electron chi connectivity index (χ1n) is 7.16. The first-order valence-corrected chi connectivity index (χ1v) is 7.16. The van der Waals surface area contributed by atoms with E-state index in [0.29, 0.717) is 23.2 Å². The number of rotatable bonds is 5. The monoisotopic (exact) mass is 309 g/mol. The Balaban J connectivity index is 1.92. The number of para-hydroxylation sites is 1. The maximum Gasteiger partial charge on any atom is 0.349 e. The molecule has 3 rings (SSSR count). The summed E-state index contributed by atoms with van der Waals surface area (Å²) in [5.74, 6) is 0.114. The van der Waals surface area contributed by atoms with E-state index in [1.165, 1.54) is 6.26 Å². The molecule has 0 atom stereocenters. The fraction of sp³-hybridized carbons (Fsp3) is 0.111. The van der Waals surface area contributed by atoms with Crippen LogP contribution in [0.25, 0.3) is 11.0 Å². The van der Waals surface area contributed by atoms with Crippen molar-refractivity contribution in [3.8, 4) is 0 Å². The maximum absolute atomic E-state index is 12.2. The van der Waals surface area contributed by atoms with Crippen LogP contribution >= 0.6 is 0 Å². The van der Waals surface area contributed by atoms with E-state index < -0.39 is 11.5 Å². The summed E-state index contributed by atoms with van der Waals surface area (Å²) in [6.07, 6.45) is 3.84. The third-order valence-electron chi connectivity index (χ3n) is 3.45. The first-order chi connectivity index (χ1) is 11.2. The van der Waals surface area contributed by atoms with Crippen LogP contribution < -0.4 is 10.9 Å². The van der Waals surface area contributed by atoms with Gasteiger partial charge >= 0.3 is 5.63 Å². The summed E-state index contributed by atoms with van der Waals surface area (Å²) in [6.45, 7) is 3.90. The lowest BCUT2D eigenvalue weighted by atomic mass is 10.1. The molecule has 1 amide bonds. The van der Waals surface area contributed by atoms with E-state index in [9.17, 15) is 9.59 Å². The van der Waals surface area contributed by atoms with Gasteiger partial charge in [0.15, 0.2) is 0 Å². The van der Waals surface area contributed by atoms with E-state index in [-0.39, 0.29) is 12.1 Å². The number of fused-ring (bicyclic) bond motifs is 1. The molecule has 0 aliphatic carbocycles. The van der Waals surface area contributed by atoms with Gasteiger partial charge < -0.3 is 14.2 Å². The molecule has 2 heterocycles. The Labute approximate surface area is 132 Å². The van der Waals surface area contributed by atoms with Crippen molar-refractivity contribution >= 4 is 16.9 Å². The zero-order valence-corrected chi connectivity index (χ0v) is 12.4. The predicted molar refractivity (Wildman–Crippen MR) is 86.3 cm³/mol. The fourth-order valence-electron chi connectivity index (χ4n) is 2.36. The van der Waals surface area contributed by atoms with Gasteiger partial charge in [-0.3, -0.25) is 4.79 Å². The third kappa shape index (κ3) is 3.08. The zero-order chi connectivity index (χ0) is 16.2. The van der Waals surface area contributed by atoms with Gasteiger partial charge in [0.1, 0.15) is 16.9 Å². The van der Waals surface area contributed by atoms with Crippen LogP contribution in [0.15, 0.2) is 68.9 Å². The molecule has 0 unspecified atom stereocenters. The molecule has 1 N–H and O–H groups in total. The quantitative estimate of drug-likeness (QED) is 0.581. The molecule has 0 aliphatic heterocycles. The number of amides is 1. The summed E-state index contributed by atoms with van der Waals surface area (Å²) in [5, 5.41) is 3.34. The van der Waals surface area contributed by atoms with E-state index in [1.54, 1.807) is 30.3 Å². The Morgan fingerprint density at radius 3 is 2.87 bits per heavy atom. The smallest absolute Gasteiger partial charge is 0.349 e. The van der Waals surface area contributed by atoms with Crippen LogP contribution in [0, 0.1) is 0 Å². The predicted octanol–water partition coefficient (Wildman–Crippen LogP) is 3.04. The molecule has 5 nitrogen and oxygen atoms in total. The number of carbonyl (C=O) groups is 1. The minimum atomic E-state index is -0.661. The Kier molecular flexibility index (Phi) is 4.10. The van der Waals surface area contributed by atoms with E-state index in [4.69, 9.17) is 8.83 Å². The van der Waals surface area contributed by atoms with Crippen molar-refractivity contribution in [2.45, 2.75) is 13.0 Å². The molecule has 0 saturated heterocycles. The molecule has 0 radical (unpaired) electrons. The molecule has 0 aliphatic rings. The molecule has 116 valence electrons. The molecule has 0 fully saturated rings. The van der Waals surface area contributed by atoms with Gasteiger partial charge in [0, 0.05) is 5.39 Å². The fourth-order valence-corrected chi connectivity index (χ4v) is 2.36. The number of allylic oxidation sites excluding steroid dienone is 1. The van der Waals surface area contributed by atoms with Gasteiger partial charge in [0.2, 0.25) is 0 Å². The molecule has 23 heavy (non-hydrogen) atoms. The normalized spacial score (nSPS) is 10.6. The second-order valence-electron chi connectivity index (χ2n) is 5.04. The molecule has 1 aromatic carbocycles. The first kappa shape index (κ1) is 14.8. The molecule has 2 aromatic heterocycles. The molecule has 0 bridgehead atoms. The largest absolute Gasteiger partial charge is 0.467 e. The molecule has 3 aromatic rings. The van der Waals surface area contributed by atoms with Crippen molar-refractivity contribution in [2.75, 3.05) is 0 Å². The number of furan rings is 1. The lowest BCUT2D eigenvalue weighted by Gasteiger charge is -2.06. The molecule has 5 heteroatoms. The number of hydrogen-bond acceptors (Lipinski definition) is 4. The SMILES string of the molecule is C=CCc1cccc2cc(C(=O)NCc3ccco3)c(=O)oc12. The number of hydrogen-bond donors (Lipinski definition) is 1. The number of carbonyl (C=O) groups excluding carboxylic acids is 1. The van der Waals surface area contributed by atoms with Crippen LogP contribution in [-0.2, 0) is 13.0 Å². The number of benzene rings is 1. The minimum absolute atomic E-state index is 0.0280. The van der Waals surface area contributed by atoms with Gasteiger partial charge in [-0.2, -0.15) is 0 Å². The van der Waals surface area contributed by atoms with Crippen LogP contribution in [-0.4, -0.2) is 5.91 Å². The average molecular weight is 309 g/mol. The summed E-state index contributed by atoms with van der Waals surface area (Å²) < 4.78 is 10.5. The molecular weight excluding hydrogens is 294 g/mol. The molecule has 0 spiro atoms. The highest BCUT2D eigenvalue weighted by atomic mass is 16.4. The van der Waals surface area contributed by atoms with Crippen LogP contribution in [0.4, 0.5) is 0 Å².